The maximum Gasteiger partial charge on any atom is 0.255 e. The summed E-state index contributed by atoms with van der Waals surface area (Å²) in [6.07, 6.45) is 7.16. The van der Waals surface area contributed by atoms with Crippen molar-refractivity contribution in [2.24, 2.45) is 0 Å². The predicted molar refractivity (Wildman–Crippen MR) is 94.1 cm³/mol. The molecule has 2 aromatic rings. The van der Waals surface area contributed by atoms with Gasteiger partial charge in [-0.3, -0.25) is 14.6 Å². The standard InChI is InChI=1S/C18H23N5O2/c1-2-5-16(24)20-15-10-14(11-8-9-11)22-23(15)18-19-13-7-4-3-6-12(13)17(25)21-18/h10-11H,2-9H2,1H3,(H,20,24)(H,19,21,25). The number of fused-ring (bicyclic) bond motifs is 1. The fourth-order valence-corrected chi connectivity index (χ4v) is 3.35. The lowest BCUT2D eigenvalue weighted by molar-refractivity contribution is -0.116. The van der Waals surface area contributed by atoms with Crippen LogP contribution in [0.15, 0.2) is 10.9 Å². The smallest absolute Gasteiger partial charge is 0.255 e. The number of amides is 1. The van der Waals surface area contributed by atoms with Gasteiger partial charge in [-0.05, 0) is 44.9 Å². The number of aromatic nitrogens is 4. The van der Waals surface area contributed by atoms with Crippen LogP contribution in [0, 0.1) is 0 Å². The number of aromatic amines is 1. The highest BCUT2D eigenvalue weighted by Crippen LogP contribution is 2.40. The fraction of sp³-hybridized carbons (Fsp3) is 0.556. The van der Waals surface area contributed by atoms with Crippen molar-refractivity contribution in [3.8, 4) is 5.95 Å². The van der Waals surface area contributed by atoms with Crippen LogP contribution in [0.5, 0.6) is 0 Å². The summed E-state index contributed by atoms with van der Waals surface area (Å²) in [5.41, 5.74) is 2.52. The highest BCUT2D eigenvalue weighted by atomic mass is 16.1. The Balaban J connectivity index is 1.74. The zero-order valence-electron chi connectivity index (χ0n) is 14.5. The number of nitrogens with one attached hydrogen (secondary N) is 2. The molecule has 0 spiro atoms. The van der Waals surface area contributed by atoms with Crippen molar-refractivity contribution < 1.29 is 4.79 Å². The Morgan fingerprint density at radius 2 is 2.16 bits per heavy atom. The van der Waals surface area contributed by atoms with Crippen LogP contribution in [-0.2, 0) is 17.6 Å². The molecule has 2 heterocycles. The molecule has 7 nitrogen and oxygen atoms in total. The van der Waals surface area contributed by atoms with E-state index in [0.29, 0.717) is 24.1 Å². The van der Waals surface area contributed by atoms with E-state index in [2.05, 4.69) is 20.4 Å². The number of anilines is 1. The first-order valence-corrected chi connectivity index (χ1v) is 9.18. The number of hydrogen-bond donors (Lipinski definition) is 2. The van der Waals surface area contributed by atoms with Crippen molar-refractivity contribution >= 4 is 11.7 Å². The number of carbonyl (C=O) groups excluding carboxylic acids is 1. The molecule has 0 aromatic carbocycles. The number of aryl methyl sites for hydroxylation is 1. The van der Waals surface area contributed by atoms with E-state index in [9.17, 15) is 9.59 Å². The Kier molecular flexibility index (Phi) is 4.15. The molecule has 2 N–H and O–H groups in total. The molecule has 0 aliphatic heterocycles. The lowest BCUT2D eigenvalue weighted by Gasteiger charge is -2.15. The summed E-state index contributed by atoms with van der Waals surface area (Å²) in [6, 6.07) is 1.91. The van der Waals surface area contributed by atoms with Gasteiger partial charge in [0.05, 0.1) is 11.4 Å². The second-order valence-corrected chi connectivity index (χ2v) is 6.96. The minimum Gasteiger partial charge on any atom is -0.310 e. The average molecular weight is 341 g/mol. The van der Waals surface area contributed by atoms with Gasteiger partial charge in [0.2, 0.25) is 11.9 Å². The molecule has 2 aliphatic rings. The normalized spacial score (nSPS) is 16.5. The van der Waals surface area contributed by atoms with E-state index in [4.69, 9.17) is 0 Å². The van der Waals surface area contributed by atoms with Crippen LogP contribution in [0.25, 0.3) is 5.95 Å². The van der Waals surface area contributed by atoms with Gasteiger partial charge in [-0.25, -0.2) is 4.98 Å². The van der Waals surface area contributed by atoms with E-state index in [1.165, 1.54) is 0 Å². The van der Waals surface area contributed by atoms with E-state index in [1.54, 1.807) is 4.68 Å². The third-order valence-corrected chi connectivity index (χ3v) is 4.85. The first-order chi connectivity index (χ1) is 12.2. The van der Waals surface area contributed by atoms with Gasteiger partial charge < -0.3 is 5.32 Å². The number of hydrogen-bond acceptors (Lipinski definition) is 4. The zero-order chi connectivity index (χ0) is 17.4. The summed E-state index contributed by atoms with van der Waals surface area (Å²) in [7, 11) is 0. The Hall–Kier alpha value is -2.44. The minimum atomic E-state index is -0.0889. The molecule has 25 heavy (non-hydrogen) atoms. The highest BCUT2D eigenvalue weighted by molar-refractivity contribution is 5.90. The number of nitrogens with zero attached hydrogens (tertiary/aromatic N) is 3. The largest absolute Gasteiger partial charge is 0.310 e. The van der Waals surface area contributed by atoms with Gasteiger partial charge in [0.15, 0.2) is 0 Å². The van der Waals surface area contributed by atoms with Crippen molar-refractivity contribution in [3.63, 3.8) is 0 Å². The summed E-state index contributed by atoms with van der Waals surface area (Å²) in [4.78, 5) is 32.0. The number of rotatable bonds is 5. The molecular weight excluding hydrogens is 318 g/mol. The molecule has 4 rings (SSSR count). The molecule has 1 amide bonds. The Morgan fingerprint density at radius 3 is 2.92 bits per heavy atom. The lowest BCUT2D eigenvalue weighted by Crippen LogP contribution is -2.24. The molecule has 7 heteroatoms. The van der Waals surface area contributed by atoms with Crippen LogP contribution in [0.4, 0.5) is 5.82 Å². The molecule has 132 valence electrons. The lowest BCUT2D eigenvalue weighted by atomic mass is 9.97. The van der Waals surface area contributed by atoms with E-state index in [-0.39, 0.29) is 11.5 Å². The Morgan fingerprint density at radius 1 is 1.36 bits per heavy atom. The molecule has 0 bridgehead atoms. The monoisotopic (exact) mass is 341 g/mol. The number of H-pyrrole nitrogens is 1. The summed E-state index contributed by atoms with van der Waals surface area (Å²) in [5.74, 6) is 1.38. The van der Waals surface area contributed by atoms with Gasteiger partial charge in [-0.1, -0.05) is 6.92 Å². The maximum atomic E-state index is 12.4. The van der Waals surface area contributed by atoms with Crippen LogP contribution >= 0.6 is 0 Å². The van der Waals surface area contributed by atoms with Crippen LogP contribution in [0.1, 0.15) is 68.3 Å². The summed E-state index contributed by atoms with van der Waals surface area (Å²) < 4.78 is 1.58. The average Bonchev–Trinajstić information content (AvgIpc) is 3.36. The summed E-state index contributed by atoms with van der Waals surface area (Å²) in [6.45, 7) is 1.97. The van der Waals surface area contributed by atoms with E-state index < -0.39 is 0 Å². The fourth-order valence-electron chi connectivity index (χ4n) is 3.35. The van der Waals surface area contributed by atoms with Crippen LogP contribution in [0.2, 0.25) is 0 Å². The maximum absolute atomic E-state index is 12.4. The topological polar surface area (TPSA) is 92.7 Å². The van der Waals surface area contributed by atoms with Crippen LogP contribution < -0.4 is 10.9 Å². The first kappa shape index (κ1) is 16.1. The Bertz CT molecular complexity index is 863. The summed E-state index contributed by atoms with van der Waals surface area (Å²) >= 11 is 0. The molecule has 2 aliphatic carbocycles. The van der Waals surface area contributed by atoms with Crippen molar-refractivity contribution in [1.29, 1.82) is 0 Å². The Labute approximate surface area is 145 Å². The highest BCUT2D eigenvalue weighted by Gasteiger charge is 2.28. The second-order valence-electron chi connectivity index (χ2n) is 6.96. The third kappa shape index (κ3) is 3.23. The molecule has 0 unspecified atom stereocenters. The third-order valence-electron chi connectivity index (χ3n) is 4.85. The van der Waals surface area contributed by atoms with Crippen molar-refractivity contribution in [3.05, 3.63) is 33.4 Å². The minimum absolute atomic E-state index is 0.0497. The van der Waals surface area contributed by atoms with Gasteiger partial charge in [0, 0.05) is 24.0 Å². The van der Waals surface area contributed by atoms with E-state index in [1.807, 2.05) is 13.0 Å². The van der Waals surface area contributed by atoms with E-state index >= 15 is 0 Å². The van der Waals surface area contributed by atoms with Crippen molar-refractivity contribution in [2.75, 3.05) is 5.32 Å². The molecule has 0 atom stereocenters. The predicted octanol–water partition coefficient (Wildman–Crippen LogP) is 2.45. The summed E-state index contributed by atoms with van der Waals surface area (Å²) in [5, 5.41) is 7.53. The first-order valence-electron chi connectivity index (χ1n) is 9.18. The molecule has 2 aromatic heterocycles. The van der Waals surface area contributed by atoms with Crippen LogP contribution in [0.3, 0.4) is 0 Å². The van der Waals surface area contributed by atoms with Gasteiger partial charge in [-0.2, -0.15) is 9.78 Å². The van der Waals surface area contributed by atoms with Gasteiger partial charge in [0.1, 0.15) is 5.82 Å². The number of carbonyl (C=O) groups is 1. The molecule has 1 fully saturated rings. The zero-order valence-corrected chi connectivity index (χ0v) is 14.5. The molecular formula is C18H23N5O2. The second kappa shape index (κ2) is 6.46. The molecule has 0 saturated heterocycles. The molecule has 1 saturated carbocycles. The van der Waals surface area contributed by atoms with E-state index in [0.717, 1.165) is 61.9 Å². The SMILES string of the molecule is CCCC(=O)Nc1cc(C2CC2)nn1-c1nc2c(c(=O)[nH]1)CCCC2. The van der Waals surface area contributed by atoms with Gasteiger partial charge in [-0.15, -0.1) is 0 Å². The molecule has 0 radical (unpaired) electrons. The van der Waals surface area contributed by atoms with Crippen molar-refractivity contribution in [2.45, 2.75) is 64.2 Å². The van der Waals surface area contributed by atoms with Gasteiger partial charge >= 0.3 is 0 Å². The van der Waals surface area contributed by atoms with Gasteiger partial charge in [0.25, 0.3) is 5.56 Å². The van der Waals surface area contributed by atoms with Crippen molar-refractivity contribution in [1.82, 2.24) is 19.7 Å². The van der Waals surface area contributed by atoms with Crippen LogP contribution in [-0.4, -0.2) is 25.7 Å². The quantitative estimate of drug-likeness (QED) is 0.873.